The number of carbonyl (C=O) groups is 10. The maximum absolute atomic E-state index is 13.1. The molecule has 0 radical (unpaired) electrons. The van der Waals surface area contributed by atoms with Gasteiger partial charge in [0.05, 0.1) is 37.6 Å². The van der Waals surface area contributed by atoms with Gasteiger partial charge >= 0.3 is 39.6 Å². The van der Waals surface area contributed by atoms with Gasteiger partial charge in [0.1, 0.15) is 148 Å². The van der Waals surface area contributed by atoms with Crippen LogP contribution in [0.25, 0.3) is 0 Å². The molecule has 0 bridgehead atoms. The molecule has 2 unspecified atom stereocenters. The number of hydrogen-bond donors (Lipinski definition) is 20. The van der Waals surface area contributed by atoms with Crippen LogP contribution in [0.15, 0.2) is 0 Å². The second kappa shape index (κ2) is 60.1. The van der Waals surface area contributed by atoms with E-state index in [0.717, 1.165) is 0 Å². The molecular weight excluding hydrogens is 1750 g/mol. The summed E-state index contributed by atoms with van der Waals surface area (Å²) in [6.45, 7) is 14.4. The van der Waals surface area contributed by atoms with Crippen molar-refractivity contribution in [1.29, 1.82) is 0 Å². The zero-order valence-corrected chi connectivity index (χ0v) is 76.8. The first-order valence-corrected chi connectivity index (χ1v) is 46.8. The number of carbonyl (C=O) groups excluding carboxylic acids is 10. The van der Waals surface area contributed by atoms with E-state index in [1.807, 2.05) is 0 Å². The standard InChI is InChI=1S/C42H75N4O21P.C36H67N4O19P/c1-25(49)45-32-36(55)34(53)30(21-47)64-38(32)60-19-9-7-13-27(51)15-11-17-43-40(57)62-23-29(66-68(6,59)67-42(3,4)5)24-63-41(58)44-18-12-16-28(52)14-8-10-20-61-39-33(46-26(2)50)37(56)35(54)31(22-48)65-39;1-21(43)39-26-30(47)28(45)24(17-41)56-32(26)52-15-11-7-9-13-37-34(49)54-19-23(58-60(6,51)59-36(3,4)5)20-55-35(50)38-14-10-8-12-16-53-33-27(40-22(2)44)31(48)29(46)25(18-42)57-33/h29-39,47-48,53-56H,7-24H2,1-6H3,(H,43,57)(H,44,58)(H,45,49)(H,46,50);23-33,41-42,45-48H,7-20H2,1-6H3,(H,37,49)(H,38,50)(H,39,43)(H,40,44)/t30-,31-,32-,33-,34+,35+,36-,37-,38-,39-,68?;24-,25-,26-,27-,28+,29+,30-,31-,32-,33-,60?/m11/s1. The summed E-state index contributed by atoms with van der Waals surface area (Å²) in [6.07, 6.45) is -19.9. The molecule has 8 amide bonds. The Balaban J connectivity index is 0.000000665. The highest BCUT2D eigenvalue weighted by Crippen LogP contribution is 2.50. The predicted molar refractivity (Wildman–Crippen MR) is 445 cm³/mol. The molecule has 0 spiro atoms. The minimum atomic E-state index is -3.75. The van der Waals surface area contributed by atoms with Gasteiger partial charge in [-0.3, -0.25) is 46.9 Å². The lowest BCUT2D eigenvalue weighted by atomic mass is 9.97. The Bertz CT molecular complexity index is 3230. The van der Waals surface area contributed by atoms with Crippen LogP contribution in [-0.2, 0) is 113 Å². The average molecular weight is 1890 g/mol. The summed E-state index contributed by atoms with van der Waals surface area (Å²) < 4.78 is 114. The van der Waals surface area contributed by atoms with Crippen molar-refractivity contribution in [2.75, 3.05) is 119 Å². The number of Topliss-reactive ketones (excluding diaryl/α,β-unsaturated/α-hetero) is 2. The van der Waals surface area contributed by atoms with Crippen LogP contribution in [0.5, 0.6) is 0 Å². The molecule has 128 heavy (non-hydrogen) atoms. The fourth-order valence-electron chi connectivity index (χ4n) is 13.2. The number of rotatable bonds is 56. The molecule has 0 saturated carbocycles. The van der Waals surface area contributed by atoms with Crippen LogP contribution in [0, 0.1) is 0 Å². The minimum absolute atomic E-state index is 0.0778. The second-order valence-electron chi connectivity index (χ2n) is 33.0. The molecule has 4 aliphatic rings. The van der Waals surface area contributed by atoms with Crippen LogP contribution in [0.2, 0.25) is 0 Å². The molecule has 22 atom stereocenters. The second-order valence-corrected chi connectivity index (χ2v) is 36.9. The van der Waals surface area contributed by atoms with Gasteiger partial charge in [0.15, 0.2) is 25.2 Å². The molecule has 0 aromatic heterocycles. The lowest BCUT2D eigenvalue weighted by molar-refractivity contribution is -0.270. The third-order valence-electron chi connectivity index (χ3n) is 19.0. The van der Waals surface area contributed by atoms with E-state index in [0.29, 0.717) is 77.0 Å². The fraction of sp³-hybridized carbons (Fsp3) is 0.872. The van der Waals surface area contributed by atoms with Crippen molar-refractivity contribution in [3.8, 4) is 0 Å². The molecule has 48 nitrogen and oxygen atoms in total. The SMILES string of the molecule is CC(=O)N[C@H]1[C@H](OCCCCC(=O)CCCNC(=O)OCC(COC(=O)NCCCC(=O)CCCCO[C@@H]2O[C@H](CO)[C@H](O)[C@H](O)[C@H]2NC(C)=O)OP(C)(=O)OC(C)(C)C)O[C@H](CO)[C@H](O)[C@@H]1O.CC(=O)N[C@H]1[C@H](OCCCCCNC(=O)OCC(COC(=O)NCCCCCO[C@@H]2O[C@H](CO)[C@H](O)[C@H](O)[C@H]2NC(C)=O)OP(C)(=O)OC(C)(C)C)O[C@H](CO)[C@H](O)[C@@H]1O. The van der Waals surface area contributed by atoms with Crippen molar-refractivity contribution in [2.24, 2.45) is 0 Å². The average Bonchev–Trinajstić information content (AvgIpc) is 0.819. The molecule has 4 rings (SSSR count). The third-order valence-corrected chi connectivity index (χ3v) is 22.1. The summed E-state index contributed by atoms with van der Waals surface area (Å²) in [4.78, 5) is 121. The van der Waals surface area contributed by atoms with Crippen LogP contribution in [0.3, 0.4) is 0 Å². The molecule has 4 fully saturated rings. The van der Waals surface area contributed by atoms with E-state index < -0.39 is 262 Å². The lowest BCUT2D eigenvalue weighted by Crippen LogP contribution is -2.64. The first-order valence-electron chi connectivity index (χ1n) is 42.8. The number of amides is 8. The molecule has 4 saturated heterocycles. The van der Waals surface area contributed by atoms with Gasteiger partial charge in [0.25, 0.3) is 0 Å². The van der Waals surface area contributed by atoms with Gasteiger partial charge in [-0.15, -0.1) is 0 Å². The number of alkyl carbamates (subject to hydrolysis) is 4. The summed E-state index contributed by atoms with van der Waals surface area (Å²) >= 11 is 0. The van der Waals surface area contributed by atoms with Crippen molar-refractivity contribution >= 4 is 74.8 Å². The minimum Gasteiger partial charge on any atom is -0.447 e. The zero-order valence-electron chi connectivity index (χ0n) is 75.0. The smallest absolute Gasteiger partial charge is 0.407 e. The van der Waals surface area contributed by atoms with E-state index in [-0.39, 0.29) is 89.9 Å². The summed E-state index contributed by atoms with van der Waals surface area (Å²) in [5, 5.41) is 140. The van der Waals surface area contributed by atoms with Crippen LogP contribution in [-0.4, -0.2) is 386 Å². The van der Waals surface area contributed by atoms with E-state index in [1.54, 1.807) is 41.5 Å². The van der Waals surface area contributed by atoms with Gasteiger partial charge in [-0.25, -0.2) is 19.2 Å². The van der Waals surface area contributed by atoms with E-state index in [4.69, 9.17) is 74.9 Å². The van der Waals surface area contributed by atoms with Crippen LogP contribution in [0.4, 0.5) is 19.2 Å². The van der Waals surface area contributed by atoms with Gasteiger partial charge < -0.3 is 170 Å². The number of aliphatic hydroxyl groups is 12. The van der Waals surface area contributed by atoms with E-state index in [1.165, 1.54) is 41.0 Å². The van der Waals surface area contributed by atoms with E-state index >= 15 is 0 Å². The number of nitrogens with one attached hydrogen (secondary N) is 8. The monoisotopic (exact) mass is 1890 g/mol. The topological polar surface area (TPSA) is 692 Å². The van der Waals surface area contributed by atoms with Gasteiger partial charge in [-0.2, -0.15) is 0 Å². The molecule has 4 aliphatic heterocycles. The molecule has 20 N–H and O–H groups in total. The molecule has 50 heteroatoms. The Morgan fingerprint density at radius 1 is 0.328 bits per heavy atom. The summed E-state index contributed by atoms with van der Waals surface area (Å²) in [7, 11) is -7.47. The van der Waals surface area contributed by atoms with Gasteiger partial charge in [-0.1, -0.05) is 0 Å². The number of aliphatic hydroxyl groups excluding tert-OH is 12. The highest BCUT2D eigenvalue weighted by atomic mass is 31.2. The first-order chi connectivity index (χ1) is 60.1. The summed E-state index contributed by atoms with van der Waals surface area (Å²) in [5.41, 5.74) is -1.71. The van der Waals surface area contributed by atoms with Crippen LogP contribution >= 0.6 is 15.2 Å². The number of hydrogen-bond acceptors (Lipinski definition) is 40. The van der Waals surface area contributed by atoms with Crippen molar-refractivity contribution in [1.82, 2.24) is 42.5 Å². The fourth-order valence-corrected chi connectivity index (χ4v) is 16.6. The highest BCUT2D eigenvalue weighted by molar-refractivity contribution is 7.53. The third kappa shape index (κ3) is 46.9. The Labute approximate surface area is 744 Å². The van der Waals surface area contributed by atoms with Gasteiger partial charge in [0.2, 0.25) is 23.6 Å². The largest absolute Gasteiger partial charge is 0.447 e. The van der Waals surface area contributed by atoms with Crippen LogP contribution in [0.1, 0.15) is 172 Å². The Kier molecular flexibility index (Phi) is 54.5. The number of ketones is 2. The molecular formula is C78H142N8O40P2. The summed E-state index contributed by atoms with van der Waals surface area (Å²) in [6, 6.07) is -4.24. The molecule has 0 aromatic carbocycles. The molecule has 0 aliphatic carbocycles. The van der Waals surface area contributed by atoms with Gasteiger partial charge in [0, 0.05) is 119 Å². The maximum atomic E-state index is 13.1. The van der Waals surface area contributed by atoms with Crippen molar-refractivity contribution in [3.63, 3.8) is 0 Å². The Morgan fingerprint density at radius 2 is 0.547 bits per heavy atom. The molecule has 744 valence electrons. The summed E-state index contributed by atoms with van der Waals surface area (Å²) in [5.74, 6) is -2.06. The molecule has 0 aromatic rings. The number of ether oxygens (including phenoxy) is 12. The quantitative estimate of drug-likeness (QED) is 0.0180. The van der Waals surface area contributed by atoms with Gasteiger partial charge in [-0.05, 0) is 119 Å². The lowest BCUT2D eigenvalue weighted by Gasteiger charge is -2.42. The normalized spacial score (nSPS) is 27.0. The maximum Gasteiger partial charge on any atom is 0.407 e. The van der Waals surface area contributed by atoms with Crippen LogP contribution < -0.4 is 42.5 Å². The Morgan fingerprint density at radius 3 is 0.766 bits per heavy atom. The number of unbranched alkanes of at least 4 members (excludes halogenated alkanes) is 6. The zero-order chi connectivity index (χ0) is 96.1. The first kappa shape index (κ1) is 116. The van der Waals surface area contributed by atoms with E-state index in [9.17, 15) is 118 Å². The highest BCUT2D eigenvalue weighted by Gasteiger charge is 2.50. The van der Waals surface area contributed by atoms with Crippen molar-refractivity contribution in [2.45, 2.75) is 318 Å². The van der Waals surface area contributed by atoms with Crippen molar-refractivity contribution in [3.05, 3.63) is 0 Å². The Hall–Kier alpha value is -6.20. The molecule has 4 heterocycles. The van der Waals surface area contributed by atoms with Crippen molar-refractivity contribution < 1.29 is 193 Å². The predicted octanol–water partition coefficient (Wildman–Crippen LogP) is -1.86. The van der Waals surface area contributed by atoms with E-state index in [2.05, 4.69) is 42.5 Å².